The van der Waals surface area contributed by atoms with Gasteiger partial charge in [0, 0.05) is 17.0 Å². The molecule has 0 amide bonds. The predicted molar refractivity (Wildman–Crippen MR) is 110 cm³/mol. The molecule has 1 fully saturated rings. The topological polar surface area (TPSA) is 38.3 Å². The molecule has 1 saturated carbocycles. The molecule has 1 aromatic rings. The molecule has 2 heterocycles. The number of ether oxygens (including phenoxy) is 1. The average molecular weight is 376 g/mol. The molecule has 0 unspecified atom stereocenters. The lowest BCUT2D eigenvalue weighted by molar-refractivity contribution is 0.0606. The summed E-state index contributed by atoms with van der Waals surface area (Å²) in [6.45, 7) is 11.0. The van der Waals surface area contributed by atoms with E-state index in [1.807, 2.05) is 0 Å². The second-order valence-corrected chi connectivity index (χ2v) is 10.0. The maximum Gasteiger partial charge on any atom is 0.348 e. The van der Waals surface area contributed by atoms with E-state index in [9.17, 15) is 4.79 Å². The highest BCUT2D eigenvalue weighted by molar-refractivity contribution is 7.14. The summed E-state index contributed by atoms with van der Waals surface area (Å²) < 4.78 is 5.12. The average Bonchev–Trinajstić information content (AvgIpc) is 3.07. The SMILES string of the molecule is COC(=O)c1sc(C(C)(C)C)cc1C1=C(C2CCC(C)CC2)CNCC1. The highest BCUT2D eigenvalue weighted by atomic mass is 32.1. The Morgan fingerprint density at radius 1 is 1.23 bits per heavy atom. The zero-order valence-corrected chi connectivity index (χ0v) is 17.7. The molecule has 0 radical (unpaired) electrons. The van der Waals surface area contributed by atoms with Crippen molar-refractivity contribution in [2.75, 3.05) is 20.2 Å². The molecule has 0 saturated heterocycles. The van der Waals surface area contributed by atoms with Gasteiger partial charge in [0.05, 0.1) is 7.11 Å². The molecule has 3 rings (SSSR count). The lowest BCUT2D eigenvalue weighted by Gasteiger charge is -2.33. The van der Waals surface area contributed by atoms with Gasteiger partial charge in [0.15, 0.2) is 0 Å². The fourth-order valence-electron chi connectivity index (χ4n) is 4.24. The van der Waals surface area contributed by atoms with Crippen molar-refractivity contribution >= 4 is 22.9 Å². The van der Waals surface area contributed by atoms with Gasteiger partial charge in [0.25, 0.3) is 0 Å². The van der Waals surface area contributed by atoms with Crippen LogP contribution >= 0.6 is 11.3 Å². The zero-order valence-electron chi connectivity index (χ0n) is 16.9. The third-order valence-electron chi connectivity index (χ3n) is 5.93. The molecule has 2 aliphatic rings. The van der Waals surface area contributed by atoms with Crippen molar-refractivity contribution in [3.8, 4) is 0 Å². The third kappa shape index (κ3) is 4.07. The van der Waals surface area contributed by atoms with E-state index in [0.717, 1.165) is 35.9 Å². The first-order chi connectivity index (χ1) is 12.3. The molecule has 1 N–H and O–H groups in total. The van der Waals surface area contributed by atoms with Crippen molar-refractivity contribution in [3.63, 3.8) is 0 Å². The van der Waals surface area contributed by atoms with Crippen LogP contribution in [0.15, 0.2) is 11.6 Å². The van der Waals surface area contributed by atoms with Crippen LogP contribution in [0.5, 0.6) is 0 Å². The second-order valence-electron chi connectivity index (χ2n) is 8.98. The number of thiophene rings is 1. The normalized spacial score (nSPS) is 24.7. The third-order valence-corrected chi connectivity index (χ3v) is 7.47. The Hall–Kier alpha value is -1.13. The van der Waals surface area contributed by atoms with E-state index >= 15 is 0 Å². The molecule has 1 aliphatic heterocycles. The smallest absolute Gasteiger partial charge is 0.348 e. The van der Waals surface area contributed by atoms with Crippen molar-refractivity contribution in [3.05, 3.63) is 27.0 Å². The van der Waals surface area contributed by atoms with Gasteiger partial charge in [-0.2, -0.15) is 0 Å². The lowest BCUT2D eigenvalue weighted by atomic mass is 9.75. The van der Waals surface area contributed by atoms with Crippen LogP contribution in [-0.4, -0.2) is 26.2 Å². The van der Waals surface area contributed by atoms with E-state index in [4.69, 9.17) is 4.74 Å². The summed E-state index contributed by atoms with van der Waals surface area (Å²) in [5.74, 6) is 1.33. The number of hydrogen-bond acceptors (Lipinski definition) is 4. The van der Waals surface area contributed by atoms with Crippen LogP contribution < -0.4 is 5.32 Å². The number of esters is 1. The number of rotatable bonds is 3. The molecule has 4 heteroatoms. The molecule has 0 aromatic carbocycles. The van der Waals surface area contributed by atoms with Gasteiger partial charge in [0.2, 0.25) is 0 Å². The van der Waals surface area contributed by atoms with E-state index in [2.05, 4.69) is 39.1 Å². The van der Waals surface area contributed by atoms with Gasteiger partial charge in [0.1, 0.15) is 4.88 Å². The van der Waals surface area contributed by atoms with Crippen LogP contribution in [0.4, 0.5) is 0 Å². The lowest BCUT2D eigenvalue weighted by Crippen LogP contribution is -2.30. The van der Waals surface area contributed by atoms with Crippen LogP contribution in [0.25, 0.3) is 5.57 Å². The van der Waals surface area contributed by atoms with Crippen LogP contribution in [0.1, 0.15) is 79.9 Å². The molecule has 3 nitrogen and oxygen atoms in total. The fraction of sp³-hybridized carbons (Fsp3) is 0.682. The summed E-state index contributed by atoms with van der Waals surface area (Å²) in [4.78, 5) is 14.5. The number of hydrogen-bond donors (Lipinski definition) is 1. The molecule has 0 spiro atoms. The molecule has 1 aliphatic carbocycles. The Bertz CT molecular complexity index is 687. The van der Waals surface area contributed by atoms with Crippen LogP contribution in [0, 0.1) is 11.8 Å². The summed E-state index contributed by atoms with van der Waals surface area (Å²) >= 11 is 1.61. The fourth-order valence-corrected chi connectivity index (χ4v) is 5.40. The van der Waals surface area contributed by atoms with E-state index in [0.29, 0.717) is 5.92 Å². The van der Waals surface area contributed by atoms with Crippen molar-refractivity contribution < 1.29 is 9.53 Å². The molecule has 26 heavy (non-hydrogen) atoms. The Balaban J connectivity index is 2.06. The summed E-state index contributed by atoms with van der Waals surface area (Å²) in [5.41, 5.74) is 4.14. The first-order valence-corrected chi connectivity index (χ1v) is 10.8. The van der Waals surface area contributed by atoms with Crippen LogP contribution in [0.2, 0.25) is 0 Å². The number of carbonyl (C=O) groups excluding carboxylic acids is 1. The van der Waals surface area contributed by atoms with Crippen molar-refractivity contribution in [2.45, 2.75) is 65.2 Å². The van der Waals surface area contributed by atoms with Crippen LogP contribution in [0.3, 0.4) is 0 Å². The van der Waals surface area contributed by atoms with Gasteiger partial charge >= 0.3 is 5.97 Å². The highest BCUT2D eigenvalue weighted by Gasteiger charge is 2.30. The second kappa shape index (κ2) is 7.85. The summed E-state index contributed by atoms with van der Waals surface area (Å²) in [6, 6.07) is 2.27. The number of nitrogens with one attached hydrogen (secondary N) is 1. The standard InChI is InChI=1S/C22H33NO2S/c1-14-6-8-15(9-7-14)18-13-23-11-10-16(18)17-12-19(22(2,3)4)26-20(17)21(24)25-5/h12,14-15,23H,6-11,13H2,1-5H3. The quantitative estimate of drug-likeness (QED) is 0.718. The monoisotopic (exact) mass is 375 g/mol. The Labute approximate surface area is 162 Å². The molecule has 0 atom stereocenters. The summed E-state index contributed by atoms with van der Waals surface area (Å²) in [6.07, 6.45) is 6.22. The van der Waals surface area contributed by atoms with Gasteiger partial charge < -0.3 is 10.1 Å². The van der Waals surface area contributed by atoms with E-state index < -0.39 is 0 Å². The minimum absolute atomic E-state index is 0.0413. The molecule has 144 valence electrons. The molecule has 0 bridgehead atoms. The van der Waals surface area contributed by atoms with Gasteiger partial charge in [-0.05, 0) is 60.3 Å². The minimum Gasteiger partial charge on any atom is -0.465 e. The maximum atomic E-state index is 12.5. The Morgan fingerprint density at radius 2 is 1.92 bits per heavy atom. The summed E-state index contributed by atoms with van der Waals surface area (Å²) in [5, 5.41) is 3.57. The maximum absolute atomic E-state index is 12.5. The highest BCUT2D eigenvalue weighted by Crippen LogP contribution is 2.42. The minimum atomic E-state index is -0.192. The van der Waals surface area contributed by atoms with E-state index in [1.54, 1.807) is 16.9 Å². The van der Waals surface area contributed by atoms with Gasteiger partial charge in [-0.1, -0.05) is 40.5 Å². The first-order valence-electron chi connectivity index (χ1n) is 9.97. The van der Waals surface area contributed by atoms with Crippen molar-refractivity contribution in [1.82, 2.24) is 5.32 Å². The zero-order chi connectivity index (χ0) is 18.9. The predicted octanol–water partition coefficient (Wildman–Crippen LogP) is 5.41. The van der Waals surface area contributed by atoms with Crippen molar-refractivity contribution in [1.29, 1.82) is 0 Å². The van der Waals surface area contributed by atoms with E-state index in [-0.39, 0.29) is 11.4 Å². The summed E-state index contributed by atoms with van der Waals surface area (Å²) in [7, 11) is 1.49. The Morgan fingerprint density at radius 3 is 2.54 bits per heavy atom. The van der Waals surface area contributed by atoms with E-state index in [1.165, 1.54) is 43.2 Å². The first kappa shape index (κ1) is 19.6. The van der Waals surface area contributed by atoms with Crippen LogP contribution in [-0.2, 0) is 10.2 Å². The molecule has 1 aromatic heterocycles. The number of carbonyl (C=O) groups is 1. The largest absolute Gasteiger partial charge is 0.465 e. The van der Waals surface area contributed by atoms with Gasteiger partial charge in [-0.25, -0.2) is 4.79 Å². The van der Waals surface area contributed by atoms with Gasteiger partial charge in [-0.3, -0.25) is 0 Å². The molecular weight excluding hydrogens is 342 g/mol. The van der Waals surface area contributed by atoms with Gasteiger partial charge in [-0.15, -0.1) is 11.3 Å². The Kier molecular flexibility index (Phi) is 5.93. The molecular formula is C22H33NO2S. The number of methoxy groups -OCH3 is 1. The van der Waals surface area contributed by atoms with Crippen molar-refractivity contribution in [2.24, 2.45) is 11.8 Å².